The van der Waals surface area contributed by atoms with Gasteiger partial charge in [-0.25, -0.2) is 9.97 Å². The topological polar surface area (TPSA) is 69.1 Å². The molecule has 0 N–H and O–H groups in total. The van der Waals surface area contributed by atoms with Crippen LogP contribution >= 0.6 is 11.8 Å². The van der Waals surface area contributed by atoms with Crippen LogP contribution < -0.4 is 0 Å². The molecule has 6 nitrogen and oxygen atoms in total. The van der Waals surface area contributed by atoms with Crippen molar-refractivity contribution in [2.75, 3.05) is 0 Å². The van der Waals surface area contributed by atoms with Crippen molar-refractivity contribution >= 4 is 17.5 Å². The van der Waals surface area contributed by atoms with Gasteiger partial charge >= 0.3 is 0 Å². The average molecular weight is 351 g/mol. The number of hydrogen-bond acceptors (Lipinski definition) is 6. The SMILES string of the molecule is Cc1cc(C)n2c(SCc3nc(-c4ccccc4)oc3C)nnc2n1. The predicted molar refractivity (Wildman–Crippen MR) is 96.5 cm³/mol. The van der Waals surface area contributed by atoms with Gasteiger partial charge in [-0.1, -0.05) is 30.0 Å². The van der Waals surface area contributed by atoms with Crippen LogP contribution in [0.15, 0.2) is 46.0 Å². The molecule has 1 aromatic carbocycles. The van der Waals surface area contributed by atoms with Gasteiger partial charge in [0.1, 0.15) is 5.76 Å². The zero-order valence-corrected chi connectivity index (χ0v) is 15.0. The highest BCUT2D eigenvalue weighted by Crippen LogP contribution is 2.27. The summed E-state index contributed by atoms with van der Waals surface area (Å²) in [5, 5.41) is 9.24. The van der Waals surface area contributed by atoms with Crippen molar-refractivity contribution < 1.29 is 4.42 Å². The standard InChI is InChI=1S/C18H17N5OS/c1-11-9-12(2)23-17(19-11)21-22-18(23)25-10-15-13(3)24-16(20-15)14-7-5-4-6-8-14/h4-9H,10H2,1-3H3. The van der Waals surface area contributed by atoms with E-state index in [1.807, 2.05) is 61.6 Å². The van der Waals surface area contributed by atoms with Gasteiger partial charge in [0.2, 0.25) is 5.89 Å². The second-order valence-electron chi connectivity index (χ2n) is 5.83. The van der Waals surface area contributed by atoms with E-state index < -0.39 is 0 Å². The summed E-state index contributed by atoms with van der Waals surface area (Å²) in [6.45, 7) is 5.93. The third-order valence-corrected chi connectivity index (χ3v) is 4.85. The number of oxazole rings is 1. The minimum absolute atomic E-state index is 0.627. The maximum atomic E-state index is 5.82. The summed E-state index contributed by atoms with van der Waals surface area (Å²) in [5.74, 6) is 2.76. The summed E-state index contributed by atoms with van der Waals surface area (Å²) in [5.41, 5.74) is 3.90. The van der Waals surface area contributed by atoms with Crippen LogP contribution in [-0.4, -0.2) is 24.6 Å². The van der Waals surface area contributed by atoms with E-state index in [0.717, 1.165) is 33.6 Å². The Hall–Kier alpha value is -2.67. The van der Waals surface area contributed by atoms with Crippen molar-refractivity contribution in [1.29, 1.82) is 0 Å². The zero-order valence-electron chi connectivity index (χ0n) is 14.2. The molecular formula is C18H17N5OS. The second kappa shape index (κ2) is 6.33. The highest BCUT2D eigenvalue weighted by Gasteiger charge is 2.15. The van der Waals surface area contributed by atoms with Crippen LogP contribution in [0.5, 0.6) is 0 Å². The quantitative estimate of drug-likeness (QED) is 0.518. The fourth-order valence-corrected chi connectivity index (χ4v) is 3.68. The Labute approximate surface area is 149 Å². The van der Waals surface area contributed by atoms with Gasteiger partial charge in [-0.05, 0) is 39.0 Å². The largest absolute Gasteiger partial charge is 0.441 e. The molecule has 0 saturated heterocycles. The van der Waals surface area contributed by atoms with Gasteiger partial charge in [0.25, 0.3) is 5.78 Å². The van der Waals surface area contributed by atoms with Crippen LogP contribution in [0.1, 0.15) is 22.8 Å². The lowest BCUT2D eigenvalue weighted by atomic mass is 10.2. The summed E-state index contributed by atoms with van der Waals surface area (Å²) < 4.78 is 7.78. The van der Waals surface area contributed by atoms with E-state index in [1.165, 1.54) is 0 Å². The fourth-order valence-electron chi connectivity index (χ4n) is 2.69. The van der Waals surface area contributed by atoms with Crippen molar-refractivity contribution in [2.45, 2.75) is 31.7 Å². The Bertz CT molecular complexity index is 1040. The van der Waals surface area contributed by atoms with Crippen LogP contribution in [0.2, 0.25) is 0 Å². The normalized spacial score (nSPS) is 11.3. The van der Waals surface area contributed by atoms with Crippen LogP contribution in [0.4, 0.5) is 0 Å². The van der Waals surface area contributed by atoms with E-state index in [0.29, 0.717) is 17.4 Å². The molecule has 0 atom stereocenters. The zero-order chi connectivity index (χ0) is 17.4. The molecule has 0 saturated carbocycles. The predicted octanol–water partition coefficient (Wildman–Crippen LogP) is 4.00. The number of thioether (sulfide) groups is 1. The molecule has 0 bridgehead atoms. The minimum Gasteiger partial charge on any atom is -0.441 e. The Morgan fingerprint density at radius 2 is 1.84 bits per heavy atom. The molecule has 0 unspecified atom stereocenters. The molecule has 0 radical (unpaired) electrons. The van der Waals surface area contributed by atoms with Gasteiger partial charge < -0.3 is 4.42 Å². The molecule has 126 valence electrons. The fraction of sp³-hybridized carbons (Fsp3) is 0.222. The Morgan fingerprint density at radius 1 is 1.04 bits per heavy atom. The highest BCUT2D eigenvalue weighted by atomic mass is 32.2. The molecular weight excluding hydrogens is 334 g/mol. The second-order valence-corrected chi connectivity index (χ2v) is 6.78. The first-order chi connectivity index (χ1) is 12.1. The van der Waals surface area contributed by atoms with Crippen LogP contribution in [0, 0.1) is 20.8 Å². The van der Waals surface area contributed by atoms with E-state index in [2.05, 4.69) is 20.2 Å². The Morgan fingerprint density at radius 3 is 2.64 bits per heavy atom. The molecule has 0 amide bonds. The lowest BCUT2D eigenvalue weighted by molar-refractivity contribution is 0.540. The first kappa shape index (κ1) is 15.8. The number of fused-ring (bicyclic) bond motifs is 1. The lowest BCUT2D eigenvalue weighted by Gasteiger charge is -2.03. The van der Waals surface area contributed by atoms with Crippen LogP contribution in [0.3, 0.4) is 0 Å². The van der Waals surface area contributed by atoms with E-state index in [9.17, 15) is 0 Å². The van der Waals surface area contributed by atoms with E-state index >= 15 is 0 Å². The van der Waals surface area contributed by atoms with Gasteiger partial charge in [-0.15, -0.1) is 10.2 Å². The molecule has 4 rings (SSSR count). The molecule has 25 heavy (non-hydrogen) atoms. The molecule has 3 heterocycles. The summed E-state index contributed by atoms with van der Waals surface area (Å²) in [6.07, 6.45) is 0. The molecule has 0 aliphatic heterocycles. The van der Waals surface area contributed by atoms with E-state index in [4.69, 9.17) is 4.42 Å². The van der Waals surface area contributed by atoms with Crippen LogP contribution in [-0.2, 0) is 5.75 Å². The van der Waals surface area contributed by atoms with Gasteiger partial charge in [0.15, 0.2) is 5.16 Å². The Kier molecular flexibility index (Phi) is 4.01. The first-order valence-electron chi connectivity index (χ1n) is 7.96. The number of nitrogens with zero attached hydrogens (tertiary/aromatic N) is 5. The maximum Gasteiger partial charge on any atom is 0.256 e. The van der Waals surface area contributed by atoms with Crippen molar-refractivity contribution in [3.63, 3.8) is 0 Å². The number of hydrogen-bond donors (Lipinski definition) is 0. The molecule has 0 aliphatic rings. The molecule has 3 aromatic heterocycles. The summed E-state index contributed by atoms with van der Waals surface area (Å²) in [4.78, 5) is 9.05. The number of aryl methyl sites for hydroxylation is 3. The number of benzene rings is 1. The van der Waals surface area contributed by atoms with Crippen molar-refractivity contribution in [3.8, 4) is 11.5 Å². The van der Waals surface area contributed by atoms with Crippen molar-refractivity contribution in [2.24, 2.45) is 0 Å². The van der Waals surface area contributed by atoms with Gasteiger partial charge in [-0.2, -0.15) is 0 Å². The van der Waals surface area contributed by atoms with Crippen molar-refractivity contribution in [1.82, 2.24) is 24.6 Å². The summed E-state index contributed by atoms with van der Waals surface area (Å²) in [7, 11) is 0. The van der Waals surface area contributed by atoms with Crippen LogP contribution in [0.25, 0.3) is 17.2 Å². The van der Waals surface area contributed by atoms with Gasteiger partial charge in [0.05, 0.1) is 5.69 Å². The monoisotopic (exact) mass is 351 g/mol. The maximum absolute atomic E-state index is 5.82. The van der Waals surface area contributed by atoms with Gasteiger partial charge in [-0.3, -0.25) is 4.40 Å². The molecule has 0 fully saturated rings. The highest BCUT2D eigenvalue weighted by molar-refractivity contribution is 7.98. The first-order valence-corrected chi connectivity index (χ1v) is 8.94. The Balaban J connectivity index is 1.59. The minimum atomic E-state index is 0.627. The van der Waals surface area contributed by atoms with Crippen molar-refractivity contribution in [3.05, 3.63) is 59.2 Å². The number of aromatic nitrogens is 5. The molecule has 0 spiro atoms. The summed E-state index contributed by atoms with van der Waals surface area (Å²) in [6, 6.07) is 11.9. The smallest absolute Gasteiger partial charge is 0.256 e. The number of rotatable bonds is 4. The molecule has 0 aliphatic carbocycles. The lowest BCUT2D eigenvalue weighted by Crippen LogP contribution is -1.98. The third kappa shape index (κ3) is 3.02. The molecule has 7 heteroatoms. The average Bonchev–Trinajstić information content (AvgIpc) is 3.17. The molecule has 4 aromatic rings. The third-order valence-electron chi connectivity index (χ3n) is 3.91. The van der Waals surface area contributed by atoms with Gasteiger partial charge in [0, 0.05) is 22.7 Å². The summed E-state index contributed by atoms with van der Waals surface area (Å²) >= 11 is 1.58. The van der Waals surface area contributed by atoms with E-state index in [-0.39, 0.29) is 0 Å². The van der Waals surface area contributed by atoms with E-state index in [1.54, 1.807) is 11.8 Å².